The van der Waals surface area contributed by atoms with Crippen molar-refractivity contribution >= 4 is 21.7 Å². The Balaban J connectivity index is 1.86. The van der Waals surface area contributed by atoms with Crippen molar-refractivity contribution in [1.29, 1.82) is 0 Å². The number of benzene rings is 1. The minimum absolute atomic E-state index is 0.0941. The van der Waals surface area contributed by atoms with Crippen molar-refractivity contribution < 1.29 is 17.2 Å². The van der Waals surface area contributed by atoms with Crippen LogP contribution in [0, 0.1) is 12.8 Å². The Hall–Kier alpha value is -2.26. The predicted octanol–water partition coefficient (Wildman–Crippen LogP) is 2.82. The van der Waals surface area contributed by atoms with Crippen LogP contribution in [0.1, 0.15) is 23.1 Å². The summed E-state index contributed by atoms with van der Waals surface area (Å²) in [6.07, 6.45) is -0.0828. The maximum Gasteiger partial charge on any atom is 0.325 e. The minimum atomic E-state index is -3.76. The molecule has 1 aliphatic carbocycles. The zero-order chi connectivity index (χ0) is 19.6. The highest BCUT2D eigenvalue weighted by atomic mass is 32.2. The Morgan fingerprint density at radius 2 is 2.07 bits per heavy atom. The lowest BCUT2D eigenvalue weighted by Gasteiger charge is -2.14. The van der Waals surface area contributed by atoms with Crippen LogP contribution < -0.4 is 14.8 Å². The second-order valence-corrected chi connectivity index (χ2v) is 8.86. The number of halogens is 2. The number of hydrogen-bond donors (Lipinski definition) is 2. The SMILES string of the molecule is Cc1ccc(CN)cc1-c1cc(CC2CC2(F)F)c2c(n1)N(C)S(=O)(=O)N2. The molecule has 1 aliphatic heterocycles. The lowest BCUT2D eigenvalue weighted by molar-refractivity contribution is 0.0989. The van der Waals surface area contributed by atoms with Crippen molar-refractivity contribution in [3.63, 3.8) is 0 Å². The van der Waals surface area contributed by atoms with E-state index in [9.17, 15) is 17.2 Å². The Morgan fingerprint density at radius 3 is 2.70 bits per heavy atom. The largest absolute Gasteiger partial charge is 0.326 e. The molecule has 1 aromatic carbocycles. The van der Waals surface area contributed by atoms with Crippen molar-refractivity contribution in [3.8, 4) is 11.3 Å². The lowest BCUT2D eigenvalue weighted by Crippen LogP contribution is -2.25. The molecule has 1 saturated carbocycles. The first-order valence-electron chi connectivity index (χ1n) is 8.61. The van der Waals surface area contributed by atoms with Gasteiger partial charge >= 0.3 is 10.2 Å². The molecule has 1 unspecified atom stereocenters. The van der Waals surface area contributed by atoms with Gasteiger partial charge in [0.25, 0.3) is 5.92 Å². The fourth-order valence-corrected chi connectivity index (χ4v) is 4.34. The monoisotopic (exact) mass is 394 g/mol. The van der Waals surface area contributed by atoms with Gasteiger partial charge in [-0.05, 0) is 42.2 Å². The van der Waals surface area contributed by atoms with Crippen LogP contribution in [0.3, 0.4) is 0 Å². The third kappa shape index (κ3) is 3.04. The summed E-state index contributed by atoms with van der Waals surface area (Å²) >= 11 is 0. The summed E-state index contributed by atoms with van der Waals surface area (Å²) in [7, 11) is -2.37. The summed E-state index contributed by atoms with van der Waals surface area (Å²) in [5.74, 6) is -3.23. The first-order valence-corrected chi connectivity index (χ1v) is 10.0. The highest BCUT2D eigenvalue weighted by molar-refractivity contribution is 7.94. The number of aromatic nitrogens is 1. The summed E-state index contributed by atoms with van der Waals surface area (Å²) in [5, 5.41) is 0. The van der Waals surface area contributed by atoms with E-state index in [-0.39, 0.29) is 24.3 Å². The smallest absolute Gasteiger partial charge is 0.325 e. The molecule has 2 heterocycles. The fraction of sp³-hybridized carbons (Fsp3) is 0.389. The van der Waals surface area contributed by atoms with Gasteiger partial charge in [0, 0.05) is 31.5 Å². The van der Waals surface area contributed by atoms with Crippen LogP contribution >= 0.6 is 0 Å². The summed E-state index contributed by atoms with van der Waals surface area (Å²) in [4.78, 5) is 4.52. The van der Waals surface area contributed by atoms with E-state index in [4.69, 9.17) is 5.73 Å². The summed E-state index contributed by atoms with van der Waals surface area (Å²) < 4.78 is 54.9. The molecule has 1 fully saturated rings. The molecule has 3 N–H and O–H groups in total. The van der Waals surface area contributed by atoms with Gasteiger partial charge in [-0.25, -0.2) is 18.1 Å². The Bertz CT molecular complexity index is 1040. The number of hydrogen-bond acceptors (Lipinski definition) is 4. The summed E-state index contributed by atoms with van der Waals surface area (Å²) in [6.45, 7) is 2.27. The van der Waals surface area contributed by atoms with Gasteiger partial charge in [-0.15, -0.1) is 0 Å². The topological polar surface area (TPSA) is 88.3 Å². The first kappa shape index (κ1) is 18.1. The summed E-state index contributed by atoms with van der Waals surface area (Å²) in [5.41, 5.74) is 9.75. The van der Waals surface area contributed by atoms with Crippen LogP contribution in [0.4, 0.5) is 20.3 Å². The number of nitrogens with one attached hydrogen (secondary N) is 1. The second-order valence-electron chi connectivity index (χ2n) is 7.16. The standard InChI is InChI=1S/C18H20F2N4O2S/c1-10-3-4-11(9-21)5-14(10)15-7-12(6-13-8-18(13,19)20)16-17(22-15)24(2)27(25,26)23-16/h3-5,7,13,23H,6,8-9,21H2,1-2H3. The molecule has 0 saturated heterocycles. The average molecular weight is 394 g/mol. The van der Waals surface area contributed by atoms with Crippen LogP contribution in [0.15, 0.2) is 24.3 Å². The van der Waals surface area contributed by atoms with Gasteiger partial charge in [-0.3, -0.25) is 4.72 Å². The first-order chi connectivity index (χ1) is 12.6. The van der Waals surface area contributed by atoms with Gasteiger partial charge in [0.05, 0.1) is 11.4 Å². The maximum absolute atomic E-state index is 13.5. The van der Waals surface area contributed by atoms with E-state index >= 15 is 0 Å². The Kier molecular flexibility index (Phi) is 3.94. The Labute approximate surface area is 156 Å². The van der Waals surface area contributed by atoms with Crippen LogP contribution in [-0.2, 0) is 23.2 Å². The molecule has 6 nitrogen and oxygen atoms in total. The van der Waals surface area contributed by atoms with Crippen LogP contribution in [-0.4, -0.2) is 26.4 Å². The molecule has 9 heteroatoms. The molecule has 27 heavy (non-hydrogen) atoms. The molecule has 2 aliphatic rings. The fourth-order valence-electron chi connectivity index (χ4n) is 3.36. The predicted molar refractivity (Wildman–Crippen MR) is 100 cm³/mol. The number of nitrogens with two attached hydrogens (primary N) is 1. The molecular formula is C18H20F2N4O2S. The molecule has 144 valence electrons. The number of rotatable bonds is 4. The number of nitrogens with zero attached hydrogens (tertiary/aromatic N) is 2. The molecule has 0 radical (unpaired) electrons. The zero-order valence-electron chi connectivity index (χ0n) is 15.0. The molecular weight excluding hydrogens is 374 g/mol. The van der Waals surface area contributed by atoms with Gasteiger partial charge in [-0.1, -0.05) is 12.1 Å². The molecule has 0 amide bonds. The van der Waals surface area contributed by atoms with Crippen LogP contribution in [0.2, 0.25) is 0 Å². The van der Waals surface area contributed by atoms with Crippen molar-refractivity contribution in [2.45, 2.75) is 32.2 Å². The quantitative estimate of drug-likeness (QED) is 0.835. The number of pyridine rings is 1. The zero-order valence-corrected chi connectivity index (χ0v) is 15.8. The van der Waals surface area contributed by atoms with E-state index in [1.807, 2.05) is 25.1 Å². The summed E-state index contributed by atoms with van der Waals surface area (Å²) in [6, 6.07) is 7.43. The molecule has 1 atom stereocenters. The van der Waals surface area contributed by atoms with Crippen molar-refractivity contribution in [2.75, 3.05) is 16.1 Å². The van der Waals surface area contributed by atoms with E-state index in [0.717, 1.165) is 21.0 Å². The Morgan fingerprint density at radius 1 is 1.37 bits per heavy atom. The molecule has 1 aromatic heterocycles. The van der Waals surface area contributed by atoms with E-state index in [0.29, 0.717) is 17.8 Å². The lowest BCUT2D eigenvalue weighted by atomic mass is 9.98. The maximum atomic E-state index is 13.5. The molecule has 0 bridgehead atoms. The third-order valence-electron chi connectivity index (χ3n) is 5.21. The average Bonchev–Trinajstić information content (AvgIpc) is 3.13. The molecule has 0 spiro atoms. The van der Waals surface area contributed by atoms with Gasteiger partial charge in [0.2, 0.25) is 0 Å². The number of alkyl halides is 2. The third-order valence-corrected chi connectivity index (χ3v) is 6.56. The normalized spacial score (nSPS) is 21.7. The van der Waals surface area contributed by atoms with E-state index in [2.05, 4.69) is 9.71 Å². The molecule has 2 aromatic rings. The van der Waals surface area contributed by atoms with Gasteiger partial charge in [0.15, 0.2) is 5.82 Å². The van der Waals surface area contributed by atoms with E-state index in [1.54, 1.807) is 6.07 Å². The van der Waals surface area contributed by atoms with Crippen LogP contribution in [0.25, 0.3) is 11.3 Å². The van der Waals surface area contributed by atoms with Gasteiger partial charge in [0.1, 0.15) is 0 Å². The van der Waals surface area contributed by atoms with Crippen molar-refractivity contribution in [2.24, 2.45) is 11.7 Å². The van der Waals surface area contributed by atoms with Crippen LogP contribution in [0.5, 0.6) is 0 Å². The highest BCUT2D eigenvalue weighted by Crippen LogP contribution is 2.52. The van der Waals surface area contributed by atoms with Gasteiger partial charge < -0.3 is 5.73 Å². The number of fused-ring (bicyclic) bond motifs is 1. The van der Waals surface area contributed by atoms with Gasteiger partial charge in [-0.2, -0.15) is 8.42 Å². The minimum Gasteiger partial charge on any atom is -0.326 e. The van der Waals surface area contributed by atoms with E-state index in [1.165, 1.54) is 7.05 Å². The number of anilines is 2. The number of aryl methyl sites for hydroxylation is 1. The van der Waals surface area contributed by atoms with Crippen molar-refractivity contribution in [3.05, 3.63) is 41.0 Å². The van der Waals surface area contributed by atoms with E-state index < -0.39 is 22.0 Å². The second kappa shape index (κ2) is 5.87. The van der Waals surface area contributed by atoms with Crippen molar-refractivity contribution in [1.82, 2.24) is 4.98 Å². The highest BCUT2D eigenvalue weighted by Gasteiger charge is 2.56. The molecule has 4 rings (SSSR count).